The number of hydrogen-bond donors (Lipinski definition) is 3. The number of nitrogens with one attached hydrogen (secondary N) is 2. The van der Waals surface area contributed by atoms with E-state index in [0.717, 1.165) is 18.2 Å². The molecular formula is C18H17N5O2. The van der Waals surface area contributed by atoms with Crippen LogP contribution in [0.4, 0.5) is 11.8 Å². The Balaban J connectivity index is 1.94. The van der Waals surface area contributed by atoms with Crippen LogP contribution in [-0.2, 0) is 0 Å². The Bertz CT molecular complexity index is 982. The highest BCUT2D eigenvalue weighted by Crippen LogP contribution is 2.31. The van der Waals surface area contributed by atoms with E-state index in [1.807, 2.05) is 13.8 Å². The lowest BCUT2D eigenvalue weighted by atomic mass is 10.1. The molecule has 7 heteroatoms. The molecule has 7 nitrogen and oxygen atoms in total. The molecule has 1 aliphatic carbocycles. The summed E-state index contributed by atoms with van der Waals surface area (Å²) in [5.41, 5.74) is 1.28. The average Bonchev–Trinajstić information content (AvgIpc) is 3.38. The van der Waals surface area contributed by atoms with Crippen molar-refractivity contribution in [1.29, 1.82) is 0 Å². The molecule has 3 N–H and O–H groups in total. The summed E-state index contributed by atoms with van der Waals surface area (Å²) in [6.45, 7) is 4.04. The van der Waals surface area contributed by atoms with Crippen LogP contribution in [0.15, 0.2) is 12.3 Å². The van der Waals surface area contributed by atoms with Gasteiger partial charge in [0.1, 0.15) is 11.1 Å². The summed E-state index contributed by atoms with van der Waals surface area (Å²) >= 11 is 0. The van der Waals surface area contributed by atoms with Crippen LogP contribution >= 0.6 is 0 Å². The van der Waals surface area contributed by atoms with Gasteiger partial charge in [0.2, 0.25) is 5.95 Å². The van der Waals surface area contributed by atoms with E-state index < -0.39 is 5.97 Å². The molecule has 25 heavy (non-hydrogen) atoms. The van der Waals surface area contributed by atoms with Gasteiger partial charge in [0.05, 0.1) is 10.9 Å². The lowest BCUT2D eigenvalue weighted by Gasteiger charge is -2.12. The van der Waals surface area contributed by atoms with Crippen molar-refractivity contribution in [1.82, 2.24) is 15.0 Å². The zero-order chi connectivity index (χ0) is 17.6. The quantitative estimate of drug-likeness (QED) is 0.659. The highest BCUT2D eigenvalue weighted by atomic mass is 16.4. The molecule has 0 aliphatic heterocycles. The van der Waals surface area contributed by atoms with Crippen molar-refractivity contribution in [2.45, 2.75) is 38.8 Å². The average molecular weight is 335 g/mol. The Morgan fingerprint density at radius 1 is 1.32 bits per heavy atom. The SMILES string of the molecule is CC(C)Nc1ncc2c(n1)c(NC1CC1)nc1cc(C(=O)O)c#cc12. The zero-order valence-electron chi connectivity index (χ0n) is 13.9. The Hall–Kier alpha value is -3.14. The third kappa shape index (κ3) is 2.98. The highest BCUT2D eigenvalue weighted by molar-refractivity contribution is 6.08. The van der Waals surface area contributed by atoms with Crippen molar-refractivity contribution < 1.29 is 9.90 Å². The summed E-state index contributed by atoms with van der Waals surface area (Å²) in [5, 5.41) is 17.2. The maximum absolute atomic E-state index is 11.2. The summed E-state index contributed by atoms with van der Waals surface area (Å²) in [6, 6.07) is 7.68. The molecule has 0 spiro atoms. The topological polar surface area (TPSA) is 100 Å². The third-order valence-corrected chi connectivity index (χ3v) is 3.94. The highest BCUT2D eigenvalue weighted by Gasteiger charge is 2.23. The number of fused-ring (bicyclic) bond motifs is 3. The first-order chi connectivity index (χ1) is 12.0. The molecule has 1 saturated carbocycles. The standard InChI is InChI=1S/C18H17N5O2/c1-9(2)20-18-19-8-13-12-6-3-10(17(24)25)7-14(12)22-16(15(13)23-18)21-11-4-5-11/h7-9,11H,4-5H2,1-2H3,(H,21,22)(H,24,25)(H,19,20,23). The number of aromatic carboxylic acids is 1. The summed E-state index contributed by atoms with van der Waals surface area (Å²) in [7, 11) is 0. The van der Waals surface area contributed by atoms with Crippen LogP contribution < -0.4 is 10.6 Å². The fourth-order valence-electron chi connectivity index (χ4n) is 2.62. The minimum absolute atomic E-state index is 0.0377. The fraction of sp³-hybridized carbons (Fsp3) is 0.333. The van der Waals surface area contributed by atoms with Gasteiger partial charge in [0.15, 0.2) is 5.82 Å². The minimum atomic E-state index is -1.05. The van der Waals surface area contributed by atoms with E-state index >= 15 is 0 Å². The molecule has 1 fully saturated rings. The molecule has 0 unspecified atom stereocenters. The molecule has 0 radical (unpaired) electrons. The van der Waals surface area contributed by atoms with E-state index in [2.05, 4.69) is 37.7 Å². The number of hydrogen-bond acceptors (Lipinski definition) is 6. The second kappa shape index (κ2) is 5.74. The molecule has 126 valence electrons. The van der Waals surface area contributed by atoms with Crippen LogP contribution in [0.3, 0.4) is 0 Å². The zero-order valence-corrected chi connectivity index (χ0v) is 13.9. The number of carboxylic acids is 1. The monoisotopic (exact) mass is 335 g/mol. The molecule has 4 rings (SSSR count). The Labute approximate surface area is 144 Å². The van der Waals surface area contributed by atoms with Gasteiger partial charge in [0.25, 0.3) is 0 Å². The molecule has 2 aromatic heterocycles. The summed E-state index contributed by atoms with van der Waals surface area (Å²) in [6.07, 6.45) is 3.91. The molecule has 0 saturated heterocycles. The van der Waals surface area contributed by atoms with Crippen LogP contribution in [0.2, 0.25) is 0 Å². The summed E-state index contributed by atoms with van der Waals surface area (Å²) in [4.78, 5) is 24.8. The van der Waals surface area contributed by atoms with Crippen molar-refractivity contribution in [3.63, 3.8) is 0 Å². The van der Waals surface area contributed by atoms with Crippen molar-refractivity contribution >= 4 is 39.5 Å². The van der Waals surface area contributed by atoms with Gasteiger partial charge < -0.3 is 15.7 Å². The van der Waals surface area contributed by atoms with Gasteiger partial charge in [-0.25, -0.2) is 19.7 Å². The Morgan fingerprint density at radius 3 is 2.80 bits per heavy atom. The molecule has 0 amide bonds. The lowest BCUT2D eigenvalue weighted by molar-refractivity contribution is 0.0697. The van der Waals surface area contributed by atoms with Gasteiger partial charge in [-0.2, -0.15) is 0 Å². The van der Waals surface area contributed by atoms with Crippen LogP contribution in [0.25, 0.3) is 21.8 Å². The minimum Gasteiger partial charge on any atom is -0.477 e. The number of aromatic nitrogens is 3. The molecule has 2 heterocycles. The predicted octanol–water partition coefficient (Wildman–Crippen LogP) is 2.87. The van der Waals surface area contributed by atoms with Crippen LogP contribution in [-0.4, -0.2) is 38.1 Å². The van der Waals surface area contributed by atoms with Gasteiger partial charge >= 0.3 is 5.97 Å². The van der Waals surface area contributed by atoms with E-state index in [1.165, 1.54) is 6.07 Å². The van der Waals surface area contributed by atoms with E-state index in [0.29, 0.717) is 34.2 Å². The number of pyridine rings is 1. The number of carboxylic acid groups (broad SMARTS) is 1. The first kappa shape index (κ1) is 15.4. The second-order valence-corrected chi connectivity index (χ2v) is 6.51. The number of carbonyl (C=O) groups is 1. The third-order valence-electron chi connectivity index (χ3n) is 3.94. The molecule has 0 bridgehead atoms. The first-order valence-electron chi connectivity index (χ1n) is 8.22. The van der Waals surface area contributed by atoms with Gasteiger partial charge in [-0.15, -0.1) is 0 Å². The molecule has 1 aromatic carbocycles. The van der Waals surface area contributed by atoms with Crippen LogP contribution in [0, 0.1) is 12.1 Å². The normalized spacial score (nSPS) is 13.9. The number of anilines is 2. The van der Waals surface area contributed by atoms with Crippen molar-refractivity contribution in [3.05, 3.63) is 30.0 Å². The predicted molar refractivity (Wildman–Crippen MR) is 94.9 cm³/mol. The lowest BCUT2D eigenvalue weighted by Crippen LogP contribution is -2.13. The number of rotatable bonds is 5. The maximum atomic E-state index is 11.2. The van der Waals surface area contributed by atoms with Crippen LogP contribution in [0.1, 0.15) is 37.0 Å². The maximum Gasteiger partial charge on any atom is 0.344 e. The van der Waals surface area contributed by atoms with Crippen molar-refractivity contribution in [2.75, 3.05) is 10.6 Å². The van der Waals surface area contributed by atoms with E-state index in [-0.39, 0.29) is 11.6 Å². The number of nitrogens with zero attached hydrogens (tertiary/aromatic N) is 3. The smallest absolute Gasteiger partial charge is 0.344 e. The molecule has 0 atom stereocenters. The molecular weight excluding hydrogens is 318 g/mol. The van der Waals surface area contributed by atoms with E-state index in [1.54, 1.807) is 6.20 Å². The van der Waals surface area contributed by atoms with Crippen molar-refractivity contribution in [2.24, 2.45) is 0 Å². The van der Waals surface area contributed by atoms with Gasteiger partial charge in [-0.1, -0.05) is 12.1 Å². The van der Waals surface area contributed by atoms with E-state index in [4.69, 9.17) is 0 Å². The van der Waals surface area contributed by atoms with Gasteiger partial charge in [-0.05, 0) is 32.8 Å². The first-order valence-corrected chi connectivity index (χ1v) is 8.22. The molecule has 3 aromatic rings. The fourth-order valence-corrected chi connectivity index (χ4v) is 2.62. The van der Waals surface area contributed by atoms with Crippen LogP contribution in [0.5, 0.6) is 0 Å². The second-order valence-electron chi connectivity index (χ2n) is 6.51. The van der Waals surface area contributed by atoms with Gasteiger partial charge in [0, 0.05) is 23.7 Å². The van der Waals surface area contributed by atoms with Crippen molar-refractivity contribution in [3.8, 4) is 0 Å². The summed E-state index contributed by atoms with van der Waals surface area (Å²) < 4.78 is 0. The summed E-state index contributed by atoms with van der Waals surface area (Å²) in [5.74, 6) is 0.133. The largest absolute Gasteiger partial charge is 0.477 e. The van der Waals surface area contributed by atoms with Gasteiger partial charge in [-0.3, -0.25) is 0 Å². The Morgan fingerprint density at radius 2 is 2.12 bits per heavy atom. The Kier molecular flexibility index (Phi) is 3.53. The molecule has 1 aliphatic rings. The van der Waals surface area contributed by atoms with E-state index in [9.17, 15) is 9.90 Å².